The summed E-state index contributed by atoms with van der Waals surface area (Å²) in [4.78, 5) is 0. The van der Waals surface area contributed by atoms with Crippen LogP contribution in [0.5, 0.6) is 0 Å². The highest BCUT2D eigenvalue weighted by Crippen LogP contribution is 2.02. The molecule has 3 nitrogen and oxygen atoms in total. The second-order valence-corrected chi connectivity index (χ2v) is 3.19. The zero-order valence-corrected chi connectivity index (χ0v) is 6.78. The van der Waals surface area contributed by atoms with Crippen LogP contribution in [0, 0.1) is 5.41 Å². The Kier molecular flexibility index (Phi) is 6.74. The predicted octanol–water partition coefficient (Wildman–Crippen LogP) is 0.428. The lowest BCUT2D eigenvalue weighted by Gasteiger charge is -1.97. The number of nitrogens with two attached hydrogens (primary N) is 1. The van der Waals surface area contributed by atoms with E-state index in [-0.39, 0.29) is 12.4 Å². The molecule has 0 aromatic carbocycles. The Morgan fingerprint density at radius 1 is 1.50 bits per heavy atom. The van der Waals surface area contributed by atoms with Gasteiger partial charge in [0.2, 0.25) is 0 Å². The van der Waals surface area contributed by atoms with Crippen molar-refractivity contribution in [1.29, 1.82) is 5.41 Å². The Hall–Kier alpha value is -0.220. The highest BCUT2D eigenvalue weighted by molar-refractivity contribution is 7.99. The Morgan fingerprint density at radius 2 is 2.20 bits per heavy atom. The third kappa shape index (κ3) is 7.78. The highest BCUT2D eigenvalue weighted by atomic mass is 32.2. The average Bonchev–Trinajstić information content (AvgIpc) is 1.87. The van der Waals surface area contributed by atoms with Crippen LogP contribution >= 0.6 is 11.8 Å². The second kappa shape index (κ2) is 6.89. The summed E-state index contributed by atoms with van der Waals surface area (Å²) in [5.41, 5.74) is 5.13. The van der Waals surface area contributed by atoms with Crippen LogP contribution in [-0.4, -0.2) is 29.1 Å². The molecule has 60 valence electrons. The van der Waals surface area contributed by atoms with Gasteiger partial charge >= 0.3 is 0 Å². The van der Waals surface area contributed by atoms with Gasteiger partial charge < -0.3 is 10.8 Å². The second-order valence-electron chi connectivity index (χ2n) is 1.96. The van der Waals surface area contributed by atoms with Gasteiger partial charge in [-0.2, -0.15) is 11.8 Å². The molecular weight excluding hydrogens is 148 g/mol. The van der Waals surface area contributed by atoms with Crippen LogP contribution < -0.4 is 5.73 Å². The molecule has 0 fully saturated rings. The van der Waals surface area contributed by atoms with Gasteiger partial charge in [-0.1, -0.05) is 0 Å². The van der Waals surface area contributed by atoms with Crippen LogP contribution in [0.25, 0.3) is 0 Å². The molecule has 0 aliphatic heterocycles. The number of thioether (sulfide) groups is 1. The van der Waals surface area contributed by atoms with E-state index in [1.54, 1.807) is 11.8 Å². The van der Waals surface area contributed by atoms with Crippen molar-refractivity contribution in [2.45, 2.75) is 12.8 Å². The van der Waals surface area contributed by atoms with E-state index in [0.29, 0.717) is 6.42 Å². The Morgan fingerprint density at radius 3 is 2.70 bits per heavy atom. The molecule has 0 atom stereocenters. The van der Waals surface area contributed by atoms with Gasteiger partial charge in [0.25, 0.3) is 0 Å². The van der Waals surface area contributed by atoms with Gasteiger partial charge in [-0.3, -0.25) is 5.41 Å². The fraction of sp³-hybridized carbons (Fsp3) is 0.833. The maximum absolute atomic E-state index is 8.39. The minimum Gasteiger partial charge on any atom is -0.396 e. The zero-order chi connectivity index (χ0) is 7.82. The minimum absolute atomic E-state index is 0.247. The van der Waals surface area contributed by atoms with Crippen molar-refractivity contribution in [2.75, 3.05) is 18.1 Å². The van der Waals surface area contributed by atoms with E-state index >= 15 is 0 Å². The fourth-order valence-corrected chi connectivity index (χ4v) is 1.35. The number of aliphatic hydroxyl groups excluding tert-OH is 1. The third-order valence-electron chi connectivity index (χ3n) is 0.963. The van der Waals surface area contributed by atoms with Crippen LogP contribution in [0.15, 0.2) is 0 Å². The Labute approximate surface area is 65.5 Å². The summed E-state index contributed by atoms with van der Waals surface area (Å²) in [7, 11) is 0. The Balaban J connectivity index is 2.84. The van der Waals surface area contributed by atoms with E-state index in [1.807, 2.05) is 0 Å². The first-order chi connectivity index (χ1) is 4.77. The molecule has 10 heavy (non-hydrogen) atoms. The predicted molar refractivity (Wildman–Crippen MR) is 45.6 cm³/mol. The first-order valence-electron chi connectivity index (χ1n) is 3.29. The van der Waals surface area contributed by atoms with Gasteiger partial charge in [0.15, 0.2) is 0 Å². The van der Waals surface area contributed by atoms with Gasteiger partial charge in [-0.05, 0) is 12.2 Å². The smallest absolute Gasteiger partial charge is 0.0913 e. The van der Waals surface area contributed by atoms with Crippen LogP contribution in [0.4, 0.5) is 0 Å². The van der Waals surface area contributed by atoms with Gasteiger partial charge in [0.1, 0.15) is 0 Å². The molecule has 0 radical (unpaired) electrons. The van der Waals surface area contributed by atoms with Crippen molar-refractivity contribution in [3.63, 3.8) is 0 Å². The first-order valence-corrected chi connectivity index (χ1v) is 4.44. The van der Waals surface area contributed by atoms with Crippen molar-refractivity contribution in [3.8, 4) is 0 Å². The monoisotopic (exact) mass is 162 g/mol. The summed E-state index contributed by atoms with van der Waals surface area (Å²) >= 11 is 1.73. The van der Waals surface area contributed by atoms with Gasteiger partial charge in [0, 0.05) is 18.8 Å². The van der Waals surface area contributed by atoms with Crippen molar-refractivity contribution < 1.29 is 5.11 Å². The Bertz CT molecular complexity index is 97.7. The summed E-state index contributed by atoms with van der Waals surface area (Å²) in [5, 5.41) is 15.3. The molecule has 0 aliphatic rings. The standard InChI is InChI=1S/C6H14N2OS/c7-6(8)2-5-10-4-1-3-9/h9H,1-5H2,(H3,7,8). The van der Waals surface area contributed by atoms with E-state index in [0.717, 1.165) is 17.9 Å². The number of amidine groups is 1. The van der Waals surface area contributed by atoms with Crippen LogP contribution in [0.3, 0.4) is 0 Å². The lowest BCUT2D eigenvalue weighted by molar-refractivity contribution is 0.296. The fourth-order valence-electron chi connectivity index (χ4n) is 0.451. The molecule has 0 rings (SSSR count). The number of hydrogen-bond donors (Lipinski definition) is 3. The van der Waals surface area contributed by atoms with Crippen LogP contribution in [0.1, 0.15) is 12.8 Å². The van der Waals surface area contributed by atoms with Gasteiger partial charge in [0.05, 0.1) is 5.84 Å². The van der Waals surface area contributed by atoms with E-state index in [1.165, 1.54) is 0 Å². The normalized spacial score (nSPS) is 9.70. The quantitative estimate of drug-likeness (QED) is 0.301. The summed E-state index contributed by atoms with van der Waals surface area (Å²) in [6.07, 6.45) is 1.50. The van der Waals surface area contributed by atoms with E-state index in [2.05, 4.69) is 0 Å². The van der Waals surface area contributed by atoms with E-state index in [4.69, 9.17) is 16.2 Å². The lowest BCUT2D eigenvalue weighted by Crippen LogP contribution is -2.10. The largest absolute Gasteiger partial charge is 0.396 e. The third-order valence-corrected chi connectivity index (χ3v) is 2.03. The number of rotatable bonds is 6. The van der Waals surface area contributed by atoms with E-state index < -0.39 is 0 Å². The zero-order valence-electron chi connectivity index (χ0n) is 5.97. The molecule has 0 bridgehead atoms. The SMILES string of the molecule is N=C(N)CCSCCCO. The molecule has 0 unspecified atom stereocenters. The maximum atomic E-state index is 8.39. The molecular formula is C6H14N2OS. The molecule has 0 spiro atoms. The van der Waals surface area contributed by atoms with Crippen molar-refractivity contribution >= 4 is 17.6 Å². The maximum Gasteiger partial charge on any atom is 0.0913 e. The summed E-state index contributed by atoms with van der Waals surface area (Å²) < 4.78 is 0. The topological polar surface area (TPSA) is 70.1 Å². The molecule has 0 amide bonds. The van der Waals surface area contributed by atoms with Gasteiger partial charge in [-0.15, -0.1) is 0 Å². The summed E-state index contributed by atoms with van der Waals surface area (Å²) in [6.45, 7) is 0.257. The van der Waals surface area contributed by atoms with Crippen molar-refractivity contribution in [2.24, 2.45) is 5.73 Å². The van der Waals surface area contributed by atoms with Crippen molar-refractivity contribution in [3.05, 3.63) is 0 Å². The summed E-state index contributed by atoms with van der Waals surface area (Å²) in [5.74, 6) is 2.11. The molecule has 0 saturated carbocycles. The lowest BCUT2D eigenvalue weighted by atomic mass is 10.5. The van der Waals surface area contributed by atoms with Crippen LogP contribution in [-0.2, 0) is 0 Å². The molecule has 0 aromatic rings. The van der Waals surface area contributed by atoms with E-state index in [9.17, 15) is 0 Å². The molecule has 0 saturated heterocycles. The molecule has 0 aromatic heterocycles. The number of aliphatic hydroxyl groups is 1. The molecule has 4 N–H and O–H groups in total. The van der Waals surface area contributed by atoms with Gasteiger partial charge in [-0.25, -0.2) is 0 Å². The molecule has 0 heterocycles. The molecule has 0 aliphatic carbocycles. The first kappa shape index (κ1) is 9.78. The van der Waals surface area contributed by atoms with Crippen molar-refractivity contribution in [1.82, 2.24) is 0 Å². The number of nitrogens with one attached hydrogen (secondary N) is 1. The molecule has 4 heteroatoms. The minimum atomic E-state index is 0.247. The van der Waals surface area contributed by atoms with Crippen LogP contribution in [0.2, 0.25) is 0 Å². The number of hydrogen-bond acceptors (Lipinski definition) is 3. The average molecular weight is 162 g/mol. The summed E-state index contributed by atoms with van der Waals surface area (Å²) in [6, 6.07) is 0. The highest BCUT2D eigenvalue weighted by Gasteiger charge is 1.90.